The first-order valence-corrected chi connectivity index (χ1v) is 6.87. The molecule has 1 aromatic carbocycles. The number of carboxylic acids is 1. The zero-order valence-electron chi connectivity index (χ0n) is 12.4. The average molecular weight is 277 g/mol. The number of carboxylic acid groups (broad SMARTS) is 1. The van der Waals surface area contributed by atoms with E-state index in [0.717, 1.165) is 18.4 Å². The highest BCUT2D eigenvalue weighted by Crippen LogP contribution is 2.21. The monoisotopic (exact) mass is 277 g/mol. The summed E-state index contributed by atoms with van der Waals surface area (Å²) in [4.78, 5) is 22.4. The molecule has 0 saturated carbocycles. The summed E-state index contributed by atoms with van der Waals surface area (Å²) in [6.45, 7) is 6.92. The fraction of sp³-hybridized carbons (Fsp3) is 0.500. The Labute approximate surface area is 120 Å². The van der Waals surface area contributed by atoms with E-state index in [9.17, 15) is 9.59 Å². The quantitative estimate of drug-likeness (QED) is 0.839. The highest BCUT2D eigenvalue weighted by molar-refractivity contribution is 5.87. The van der Waals surface area contributed by atoms with Crippen LogP contribution in [0.2, 0.25) is 0 Å². The van der Waals surface area contributed by atoms with Gasteiger partial charge >= 0.3 is 5.97 Å². The lowest BCUT2D eigenvalue weighted by Crippen LogP contribution is -2.22. The summed E-state index contributed by atoms with van der Waals surface area (Å²) in [5.74, 6) is -0.903. The van der Waals surface area contributed by atoms with Crippen LogP contribution in [-0.4, -0.2) is 17.0 Å². The Kier molecular flexibility index (Phi) is 5.74. The third-order valence-electron chi connectivity index (χ3n) is 3.02. The van der Waals surface area contributed by atoms with Crippen LogP contribution >= 0.6 is 0 Å². The molecule has 0 spiro atoms. The Bertz CT molecular complexity index is 458. The summed E-state index contributed by atoms with van der Waals surface area (Å²) < 4.78 is 0. The normalized spacial score (nSPS) is 11.2. The molecule has 0 fully saturated rings. The molecule has 0 aliphatic rings. The van der Waals surface area contributed by atoms with Gasteiger partial charge in [-0.2, -0.15) is 0 Å². The summed E-state index contributed by atoms with van der Waals surface area (Å²) in [5, 5.41) is 11.6. The van der Waals surface area contributed by atoms with Crippen LogP contribution in [0.1, 0.15) is 56.0 Å². The molecule has 4 heteroatoms. The molecule has 1 aromatic rings. The fourth-order valence-electron chi connectivity index (χ4n) is 1.83. The lowest BCUT2D eigenvalue weighted by atomic mass is 9.90. The van der Waals surface area contributed by atoms with Crippen LogP contribution in [-0.2, 0) is 11.3 Å². The smallest absolute Gasteiger partial charge is 0.335 e. The third-order valence-corrected chi connectivity index (χ3v) is 3.02. The van der Waals surface area contributed by atoms with Gasteiger partial charge in [-0.15, -0.1) is 0 Å². The van der Waals surface area contributed by atoms with Crippen LogP contribution in [0.4, 0.5) is 0 Å². The lowest BCUT2D eigenvalue weighted by Gasteiger charge is -2.17. The van der Waals surface area contributed by atoms with E-state index in [0.29, 0.717) is 13.0 Å². The molecule has 1 rings (SSSR count). The molecular weight excluding hydrogens is 254 g/mol. The minimum absolute atomic E-state index is 0.0385. The van der Waals surface area contributed by atoms with E-state index in [2.05, 4.69) is 26.1 Å². The van der Waals surface area contributed by atoms with Gasteiger partial charge in [-0.05, 0) is 36.0 Å². The fourth-order valence-corrected chi connectivity index (χ4v) is 1.83. The first-order valence-electron chi connectivity index (χ1n) is 6.87. The Balaban J connectivity index is 2.32. The Morgan fingerprint density at radius 1 is 1.15 bits per heavy atom. The van der Waals surface area contributed by atoms with Crippen molar-refractivity contribution in [2.75, 3.05) is 0 Å². The number of hydrogen-bond donors (Lipinski definition) is 2. The molecule has 4 nitrogen and oxygen atoms in total. The molecule has 0 heterocycles. The second kappa shape index (κ2) is 7.08. The van der Waals surface area contributed by atoms with E-state index in [-0.39, 0.29) is 16.9 Å². The van der Waals surface area contributed by atoms with Crippen LogP contribution in [0.15, 0.2) is 24.3 Å². The van der Waals surface area contributed by atoms with Crippen molar-refractivity contribution in [2.45, 2.75) is 46.6 Å². The molecular formula is C16H23NO3. The molecule has 0 aliphatic heterocycles. The van der Waals surface area contributed by atoms with Gasteiger partial charge in [-0.3, -0.25) is 4.79 Å². The maximum atomic E-state index is 11.7. The molecule has 0 aromatic heterocycles. The van der Waals surface area contributed by atoms with Gasteiger partial charge < -0.3 is 10.4 Å². The van der Waals surface area contributed by atoms with Crippen LogP contribution < -0.4 is 5.32 Å². The van der Waals surface area contributed by atoms with Crippen molar-refractivity contribution in [3.05, 3.63) is 35.4 Å². The molecule has 0 atom stereocenters. The Morgan fingerprint density at radius 2 is 1.75 bits per heavy atom. The molecule has 0 radical (unpaired) electrons. The topological polar surface area (TPSA) is 66.4 Å². The van der Waals surface area contributed by atoms with Gasteiger partial charge in [0.2, 0.25) is 5.91 Å². The number of amides is 1. The van der Waals surface area contributed by atoms with E-state index in [4.69, 9.17) is 5.11 Å². The maximum absolute atomic E-state index is 11.7. The van der Waals surface area contributed by atoms with E-state index < -0.39 is 5.97 Å². The molecule has 0 aliphatic carbocycles. The van der Waals surface area contributed by atoms with E-state index >= 15 is 0 Å². The van der Waals surface area contributed by atoms with Crippen LogP contribution in [0.25, 0.3) is 0 Å². The first kappa shape index (κ1) is 16.2. The number of rotatable bonds is 6. The highest BCUT2D eigenvalue weighted by atomic mass is 16.4. The van der Waals surface area contributed by atoms with Crippen molar-refractivity contribution in [1.29, 1.82) is 0 Å². The number of carbonyl (C=O) groups is 2. The van der Waals surface area contributed by atoms with Crippen LogP contribution in [0.3, 0.4) is 0 Å². The second-order valence-corrected chi connectivity index (χ2v) is 6.19. The van der Waals surface area contributed by atoms with Crippen LogP contribution in [0, 0.1) is 5.41 Å². The van der Waals surface area contributed by atoms with Gasteiger partial charge in [0.25, 0.3) is 0 Å². The van der Waals surface area contributed by atoms with Gasteiger partial charge in [0.15, 0.2) is 0 Å². The van der Waals surface area contributed by atoms with E-state index in [1.165, 1.54) is 0 Å². The van der Waals surface area contributed by atoms with Gasteiger partial charge in [-0.25, -0.2) is 4.79 Å². The zero-order valence-corrected chi connectivity index (χ0v) is 12.4. The Hall–Kier alpha value is -1.84. The highest BCUT2D eigenvalue weighted by Gasteiger charge is 2.11. The number of carbonyl (C=O) groups excluding carboxylic acids is 1. The second-order valence-electron chi connectivity index (χ2n) is 6.19. The van der Waals surface area contributed by atoms with E-state index in [1.807, 2.05) is 0 Å². The molecule has 110 valence electrons. The predicted octanol–water partition coefficient (Wildman–Crippen LogP) is 3.22. The summed E-state index contributed by atoms with van der Waals surface area (Å²) in [6, 6.07) is 6.53. The summed E-state index contributed by atoms with van der Waals surface area (Å²) >= 11 is 0. The van der Waals surface area contributed by atoms with Crippen molar-refractivity contribution < 1.29 is 14.7 Å². The van der Waals surface area contributed by atoms with Gasteiger partial charge in [-0.1, -0.05) is 32.9 Å². The minimum Gasteiger partial charge on any atom is -0.478 e. The number of aromatic carboxylic acids is 1. The van der Waals surface area contributed by atoms with Gasteiger partial charge in [0, 0.05) is 13.0 Å². The SMILES string of the molecule is CC(C)(C)CCCC(=O)NCc1ccc(C(=O)O)cc1. The molecule has 2 N–H and O–H groups in total. The van der Waals surface area contributed by atoms with Crippen molar-refractivity contribution in [3.8, 4) is 0 Å². The number of nitrogens with one attached hydrogen (secondary N) is 1. The summed E-state index contributed by atoms with van der Waals surface area (Å²) in [5.41, 5.74) is 1.41. The largest absolute Gasteiger partial charge is 0.478 e. The summed E-state index contributed by atoms with van der Waals surface area (Å²) in [6.07, 6.45) is 2.44. The molecule has 1 amide bonds. The Morgan fingerprint density at radius 3 is 2.25 bits per heavy atom. The van der Waals surface area contributed by atoms with Crippen molar-refractivity contribution in [3.63, 3.8) is 0 Å². The molecule has 0 bridgehead atoms. The third kappa shape index (κ3) is 6.36. The van der Waals surface area contributed by atoms with Gasteiger partial charge in [0.05, 0.1) is 5.56 Å². The van der Waals surface area contributed by atoms with Crippen molar-refractivity contribution in [2.24, 2.45) is 5.41 Å². The zero-order chi connectivity index (χ0) is 15.2. The standard InChI is InChI=1S/C16H23NO3/c1-16(2,3)10-4-5-14(18)17-11-12-6-8-13(9-7-12)15(19)20/h6-9H,4-5,10-11H2,1-3H3,(H,17,18)(H,19,20). The van der Waals surface area contributed by atoms with Gasteiger partial charge in [0.1, 0.15) is 0 Å². The molecule has 0 unspecified atom stereocenters. The maximum Gasteiger partial charge on any atom is 0.335 e. The van der Waals surface area contributed by atoms with Crippen LogP contribution in [0.5, 0.6) is 0 Å². The number of benzene rings is 1. The van der Waals surface area contributed by atoms with Crippen molar-refractivity contribution >= 4 is 11.9 Å². The molecule has 20 heavy (non-hydrogen) atoms. The summed E-state index contributed by atoms with van der Waals surface area (Å²) in [7, 11) is 0. The lowest BCUT2D eigenvalue weighted by molar-refractivity contribution is -0.121. The van der Waals surface area contributed by atoms with Crippen molar-refractivity contribution in [1.82, 2.24) is 5.32 Å². The minimum atomic E-state index is -0.942. The average Bonchev–Trinajstić information content (AvgIpc) is 2.35. The molecule has 0 saturated heterocycles. The predicted molar refractivity (Wildman–Crippen MR) is 78.6 cm³/mol. The first-order chi connectivity index (χ1) is 9.28. The van der Waals surface area contributed by atoms with E-state index in [1.54, 1.807) is 24.3 Å². The number of hydrogen-bond acceptors (Lipinski definition) is 2.